The SMILES string of the molecule is CN(C)c1ncc(-c2ccc(Cl)cc2)c(C2CCCN(C(=O)C(C)(C)n3cncn3)C2)n1. The Balaban J connectivity index is 1.67. The maximum atomic E-state index is 13.4. The molecule has 1 aliphatic heterocycles. The van der Waals surface area contributed by atoms with Crippen LogP contribution in [0.1, 0.15) is 38.3 Å². The van der Waals surface area contributed by atoms with E-state index in [4.69, 9.17) is 16.6 Å². The van der Waals surface area contributed by atoms with Crippen LogP contribution in [0, 0.1) is 0 Å². The van der Waals surface area contributed by atoms with Gasteiger partial charge in [-0.15, -0.1) is 0 Å². The van der Waals surface area contributed by atoms with Crippen LogP contribution < -0.4 is 4.90 Å². The van der Waals surface area contributed by atoms with Gasteiger partial charge >= 0.3 is 0 Å². The van der Waals surface area contributed by atoms with E-state index < -0.39 is 5.54 Å². The van der Waals surface area contributed by atoms with Gasteiger partial charge in [0.25, 0.3) is 0 Å². The number of halogens is 1. The van der Waals surface area contributed by atoms with Gasteiger partial charge in [-0.05, 0) is 44.4 Å². The Morgan fingerprint density at radius 3 is 2.62 bits per heavy atom. The second-order valence-corrected chi connectivity index (χ2v) is 9.30. The zero-order valence-corrected chi connectivity index (χ0v) is 19.6. The van der Waals surface area contributed by atoms with Crippen molar-refractivity contribution in [2.45, 2.75) is 38.1 Å². The van der Waals surface area contributed by atoms with Gasteiger partial charge in [0, 0.05) is 49.9 Å². The molecule has 1 aliphatic rings. The first-order valence-electron chi connectivity index (χ1n) is 10.7. The molecule has 2 aromatic heterocycles. The molecule has 1 aromatic carbocycles. The van der Waals surface area contributed by atoms with Crippen LogP contribution in [0.25, 0.3) is 11.1 Å². The monoisotopic (exact) mass is 453 g/mol. The molecule has 1 amide bonds. The summed E-state index contributed by atoms with van der Waals surface area (Å²) < 4.78 is 1.62. The summed E-state index contributed by atoms with van der Waals surface area (Å²) >= 11 is 6.10. The zero-order valence-electron chi connectivity index (χ0n) is 18.9. The standard InChI is InChI=1S/C23H28ClN7O/c1-23(2,31-15-25-14-27-31)21(32)30-11-5-6-17(13-30)20-19(12-26-22(28-20)29(3)4)16-7-9-18(24)10-8-16/h7-10,12,14-15,17H,5-6,11,13H2,1-4H3. The predicted molar refractivity (Wildman–Crippen MR) is 125 cm³/mol. The highest BCUT2D eigenvalue weighted by atomic mass is 35.5. The van der Waals surface area contributed by atoms with Crippen molar-refractivity contribution >= 4 is 23.5 Å². The maximum Gasteiger partial charge on any atom is 0.250 e. The molecule has 4 rings (SSSR count). The number of aromatic nitrogens is 5. The fourth-order valence-electron chi connectivity index (χ4n) is 4.13. The molecule has 1 saturated heterocycles. The van der Waals surface area contributed by atoms with Crippen LogP contribution in [0.15, 0.2) is 43.1 Å². The second kappa shape index (κ2) is 8.86. The van der Waals surface area contributed by atoms with Gasteiger partial charge in [0.2, 0.25) is 11.9 Å². The molecule has 3 heterocycles. The average Bonchev–Trinajstić information content (AvgIpc) is 3.35. The van der Waals surface area contributed by atoms with E-state index in [-0.39, 0.29) is 11.8 Å². The molecule has 1 unspecified atom stereocenters. The normalized spacial score (nSPS) is 16.8. The number of amides is 1. The number of piperidine rings is 1. The summed E-state index contributed by atoms with van der Waals surface area (Å²) in [7, 11) is 3.86. The van der Waals surface area contributed by atoms with Crippen molar-refractivity contribution in [2.75, 3.05) is 32.1 Å². The number of carbonyl (C=O) groups excluding carboxylic acids is 1. The summed E-state index contributed by atoms with van der Waals surface area (Å²) in [4.78, 5) is 30.7. The van der Waals surface area contributed by atoms with E-state index in [9.17, 15) is 4.79 Å². The molecule has 1 atom stereocenters. The lowest BCUT2D eigenvalue weighted by Gasteiger charge is -2.37. The topological polar surface area (TPSA) is 80.0 Å². The van der Waals surface area contributed by atoms with Crippen molar-refractivity contribution in [1.29, 1.82) is 0 Å². The van der Waals surface area contributed by atoms with E-state index in [0.717, 1.165) is 36.2 Å². The zero-order chi connectivity index (χ0) is 22.9. The minimum atomic E-state index is -0.808. The summed E-state index contributed by atoms with van der Waals surface area (Å²) in [6.45, 7) is 5.07. The molecule has 32 heavy (non-hydrogen) atoms. The summed E-state index contributed by atoms with van der Waals surface area (Å²) in [5.41, 5.74) is 2.14. The van der Waals surface area contributed by atoms with Crippen molar-refractivity contribution in [2.24, 2.45) is 0 Å². The van der Waals surface area contributed by atoms with Gasteiger partial charge < -0.3 is 9.80 Å². The van der Waals surface area contributed by atoms with Gasteiger partial charge in [-0.2, -0.15) is 5.10 Å². The Labute approximate surface area is 193 Å². The molecule has 0 radical (unpaired) electrons. The first-order valence-corrected chi connectivity index (χ1v) is 11.1. The number of nitrogens with zero attached hydrogens (tertiary/aromatic N) is 7. The number of rotatable bonds is 5. The highest BCUT2D eigenvalue weighted by Crippen LogP contribution is 2.35. The number of carbonyl (C=O) groups is 1. The van der Waals surface area contributed by atoms with E-state index in [1.165, 1.54) is 6.33 Å². The molecule has 0 N–H and O–H groups in total. The first kappa shape index (κ1) is 22.2. The van der Waals surface area contributed by atoms with Crippen LogP contribution in [-0.2, 0) is 10.3 Å². The minimum absolute atomic E-state index is 0.0302. The molecule has 0 aliphatic carbocycles. The Kier molecular flexibility index (Phi) is 6.15. The van der Waals surface area contributed by atoms with Crippen molar-refractivity contribution in [3.05, 3.63) is 53.8 Å². The van der Waals surface area contributed by atoms with Crippen LogP contribution in [0.5, 0.6) is 0 Å². The fourth-order valence-corrected chi connectivity index (χ4v) is 4.26. The van der Waals surface area contributed by atoms with Crippen LogP contribution in [0.4, 0.5) is 5.95 Å². The quantitative estimate of drug-likeness (QED) is 0.587. The van der Waals surface area contributed by atoms with Gasteiger partial charge in [0.15, 0.2) is 0 Å². The van der Waals surface area contributed by atoms with E-state index in [2.05, 4.69) is 15.1 Å². The molecule has 168 valence electrons. The smallest absolute Gasteiger partial charge is 0.250 e. The first-order chi connectivity index (χ1) is 15.3. The van der Waals surface area contributed by atoms with E-state index in [0.29, 0.717) is 17.5 Å². The number of benzene rings is 1. The lowest BCUT2D eigenvalue weighted by Crippen LogP contribution is -2.50. The van der Waals surface area contributed by atoms with Gasteiger partial charge in [-0.3, -0.25) is 4.79 Å². The van der Waals surface area contributed by atoms with Crippen molar-refractivity contribution in [3.63, 3.8) is 0 Å². The fraction of sp³-hybridized carbons (Fsp3) is 0.435. The van der Waals surface area contributed by atoms with Crippen molar-refractivity contribution in [3.8, 4) is 11.1 Å². The molecule has 8 nitrogen and oxygen atoms in total. The summed E-state index contributed by atoms with van der Waals surface area (Å²) in [5.74, 6) is 0.790. The molecule has 1 fully saturated rings. The van der Waals surface area contributed by atoms with E-state index in [1.54, 1.807) is 11.0 Å². The number of anilines is 1. The summed E-state index contributed by atoms with van der Waals surface area (Å²) in [6, 6.07) is 7.72. The number of hydrogen-bond donors (Lipinski definition) is 0. The molecule has 0 bridgehead atoms. The Morgan fingerprint density at radius 1 is 1.22 bits per heavy atom. The maximum absolute atomic E-state index is 13.4. The molecule has 9 heteroatoms. The number of likely N-dealkylation sites (tertiary alicyclic amines) is 1. The van der Waals surface area contributed by atoms with Crippen molar-refractivity contribution < 1.29 is 4.79 Å². The molecular formula is C23H28ClN7O. The summed E-state index contributed by atoms with van der Waals surface area (Å²) in [6.07, 6.45) is 6.78. The van der Waals surface area contributed by atoms with E-state index >= 15 is 0 Å². The minimum Gasteiger partial charge on any atom is -0.347 e. The lowest BCUT2D eigenvalue weighted by atomic mass is 9.89. The third kappa shape index (κ3) is 4.32. The predicted octanol–water partition coefficient (Wildman–Crippen LogP) is 3.60. The molecule has 0 spiro atoms. The number of hydrogen-bond acceptors (Lipinski definition) is 6. The third-order valence-electron chi connectivity index (χ3n) is 5.97. The molecule has 0 saturated carbocycles. The molecular weight excluding hydrogens is 426 g/mol. The average molecular weight is 454 g/mol. The lowest BCUT2D eigenvalue weighted by molar-refractivity contribution is -0.141. The Hall–Kier alpha value is -3.00. The van der Waals surface area contributed by atoms with Gasteiger partial charge in [0.1, 0.15) is 18.2 Å². The van der Waals surface area contributed by atoms with Gasteiger partial charge in [-0.25, -0.2) is 19.6 Å². The van der Waals surface area contributed by atoms with E-state index in [1.807, 2.05) is 68.2 Å². The van der Waals surface area contributed by atoms with Crippen LogP contribution in [0.2, 0.25) is 5.02 Å². The molecule has 3 aromatic rings. The highest BCUT2D eigenvalue weighted by molar-refractivity contribution is 6.30. The van der Waals surface area contributed by atoms with Crippen LogP contribution in [0.3, 0.4) is 0 Å². The van der Waals surface area contributed by atoms with Gasteiger partial charge in [-0.1, -0.05) is 23.7 Å². The van der Waals surface area contributed by atoms with Crippen LogP contribution in [-0.4, -0.2) is 62.7 Å². The Bertz CT molecular complexity index is 1080. The van der Waals surface area contributed by atoms with Crippen LogP contribution >= 0.6 is 11.6 Å². The van der Waals surface area contributed by atoms with Gasteiger partial charge in [0.05, 0.1) is 5.69 Å². The third-order valence-corrected chi connectivity index (χ3v) is 6.22. The Morgan fingerprint density at radius 2 is 1.97 bits per heavy atom. The highest BCUT2D eigenvalue weighted by Gasteiger charge is 2.37. The van der Waals surface area contributed by atoms with Crippen molar-refractivity contribution in [1.82, 2.24) is 29.6 Å². The largest absolute Gasteiger partial charge is 0.347 e. The second-order valence-electron chi connectivity index (χ2n) is 8.86. The summed E-state index contributed by atoms with van der Waals surface area (Å²) in [5, 5.41) is 4.88.